The van der Waals surface area contributed by atoms with Crippen molar-refractivity contribution in [1.29, 1.82) is 0 Å². The number of amides is 1. The molecule has 15 heavy (non-hydrogen) atoms. The van der Waals surface area contributed by atoms with Crippen LogP contribution in [-0.2, 0) is 0 Å². The first-order chi connectivity index (χ1) is 7.18. The molecule has 1 N–H and O–H groups in total. The van der Waals surface area contributed by atoms with Gasteiger partial charge in [-0.2, -0.15) is 0 Å². The van der Waals surface area contributed by atoms with Crippen molar-refractivity contribution in [3.05, 3.63) is 35.4 Å². The molecule has 2 heteroatoms. The minimum absolute atomic E-state index is 0.0746. The lowest BCUT2D eigenvalue weighted by atomic mass is 9.85. The maximum atomic E-state index is 11.6. The monoisotopic (exact) mass is 203 g/mol. The molecule has 1 heterocycles. The molecule has 0 saturated heterocycles. The van der Waals surface area contributed by atoms with Gasteiger partial charge in [0, 0.05) is 18.0 Å². The fourth-order valence-corrected chi connectivity index (χ4v) is 2.26. The molecular weight excluding hydrogens is 186 g/mol. The van der Waals surface area contributed by atoms with E-state index in [0.29, 0.717) is 11.8 Å². The first kappa shape index (κ1) is 10.2. The molecule has 1 aromatic rings. The molecule has 2 rings (SSSR count). The van der Waals surface area contributed by atoms with E-state index < -0.39 is 0 Å². The van der Waals surface area contributed by atoms with Gasteiger partial charge in [-0.1, -0.05) is 32.0 Å². The van der Waals surface area contributed by atoms with E-state index in [1.165, 1.54) is 5.56 Å². The fraction of sp³-hybridized carbons (Fsp3) is 0.462. The summed E-state index contributed by atoms with van der Waals surface area (Å²) in [5.74, 6) is 1.22. The zero-order valence-electron chi connectivity index (χ0n) is 9.29. The van der Waals surface area contributed by atoms with Crippen molar-refractivity contribution < 1.29 is 4.79 Å². The van der Waals surface area contributed by atoms with Gasteiger partial charge in [0.1, 0.15) is 0 Å². The van der Waals surface area contributed by atoms with E-state index in [4.69, 9.17) is 0 Å². The number of carbonyl (C=O) groups excluding carboxylic acids is 1. The third-order valence-corrected chi connectivity index (χ3v) is 2.91. The van der Waals surface area contributed by atoms with Crippen LogP contribution in [0.2, 0.25) is 0 Å². The summed E-state index contributed by atoms with van der Waals surface area (Å²) in [7, 11) is 0. The van der Waals surface area contributed by atoms with Gasteiger partial charge in [-0.15, -0.1) is 0 Å². The van der Waals surface area contributed by atoms with Gasteiger partial charge in [-0.3, -0.25) is 4.79 Å². The molecule has 1 aliphatic heterocycles. The van der Waals surface area contributed by atoms with Crippen molar-refractivity contribution in [3.8, 4) is 0 Å². The molecule has 0 aliphatic carbocycles. The fourth-order valence-electron chi connectivity index (χ4n) is 2.26. The Labute approximate surface area is 90.7 Å². The van der Waals surface area contributed by atoms with Crippen LogP contribution in [0.5, 0.6) is 0 Å². The number of nitrogens with one attached hydrogen (secondary N) is 1. The second kappa shape index (κ2) is 4.05. The summed E-state index contributed by atoms with van der Waals surface area (Å²) in [5, 5.41) is 2.95. The molecular formula is C13H17NO. The number of rotatable bonds is 2. The highest BCUT2D eigenvalue weighted by Gasteiger charge is 2.24. The maximum Gasteiger partial charge on any atom is 0.251 e. The molecule has 0 bridgehead atoms. The first-order valence-electron chi connectivity index (χ1n) is 5.55. The zero-order valence-corrected chi connectivity index (χ0v) is 9.29. The van der Waals surface area contributed by atoms with E-state index in [2.05, 4.69) is 25.2 Å². The smallest absolute Gasteiger partial charge is 0.251 e. The maximum absolute atomic E-state index is 11.6. The number of fused-ring (bicyclic) bond motifs is 1. The minimum Gasteiger partial charge on any atom is -0.351 e. The molecule has 1 aliphatic rings. The van der Waals surface area contributed by atoms with E-state index in [9.17, 15) is 4.79 Å². The molecule has 0 radical (unpaired) electrons. The quantitative estimate of drug-likeness (QED) is 0.786. The van der Waals surface area contributed by atoms with Crippen LogP contribution in [0.4, 0.5) is 0 Å². The molecule has 1 amide bonds. The van der Waals surface area contributed by atoms with E-state index >= 15 is 0 Å². The van der Waals surface area contributed by atoms with Gasteiger partial charge in [0.15, 0.2) is 0 Å². The van der Waals surface area contributed by atoms with Crippen molar-refractivity contribution >= 4 is 5.91 Å². The predicted molar refractivity (Wildman–Crippen MR) is 61.0 cm³/mol. The normalized spacial score (nSPS) is 19.9. The lowest BCUT2D eigenvalue weighted by molar-refractivity contribution is 0.0938. The van der Waals surface area contributed by atoms with Crippen LogP contribution in [0.25, 0.3) is 0 Å². The van der Waals surface area contributed by atoms with Crippen LogP contribution < -0.4 is 5.32 Å². The topological polar surface area (TPSA) is 29.1 Å². The van der Waals surface area contributed by atoms with E-state index in [1.54, 1.807) is 0 Å². The Morgan fingerprint density at radius 3 is 2.87 bits per heavy atom. The Hall–Kier alpha value is -1.31. The summed E-state index contributed by atoms with van der Waals surface area (Å²) in [6, 6.07) is 7.94. The zero-order chi connectivity index (χ0) is 10.8. The summed E-state index contributed by atoms with van der Waals surface area (Å²) in [6.45, 7) is 5.23. The van der Waals surface area contributed by atoms with Crippen LogP contribution >= 0.6 is 0 Å². The Morgan fingerprint density at radius 1 is 1.40 bits per heavy atom. The molecule has 0 fully saturated rings. The van der Waals surface area contributed by atoms with Gasteiger partial charge in [0.05, 0.1) is 0 Å². The summed E-state index contributed by atoms with van der Waals surface area (Å²) in [5.41, 5.74) is 2.07. The molecule has 1 unspecified atom stereocenters. The van der Waals surface area contributed by atoms with Gasteiger partial charge in [-0.25, -0.2) is 0 Å². The molecule has 1 atom stereocenters. The van der Waals surface area contributed by atoms with Gasteiger partial charge >= 0.3 is 0 Å². The van der Waals surface area contributed by atoms with Gasteiger partial charge in [0.2, 0.25) is 0 Å². The molecule has 80 valence electrons. The van der Waals surface area contributed by atoms with Gasteiger partial charge in [0.25, 0.3) is 5.91 Å². The summed E-state index contributed by atoms with van der Waals surface area (Å²) in [6.07, 6.45) is 1.14. The summed E-state index contributed by atoms with van der Waals surface area (Å²) < 4.78 is 0. The number of carbonyl (C=O) groups is 1. The van der Waals surface area contributed by atoms with Crippen LogP contribution in [0.15, 0.2) is 24.3 Å². The SMILES string of the molecule is CC(C)CC1CNC(=O)c2ccccc21. The van der Waals surface area contributed by atoms with Crippen LogP contribution in [0.1, 0.15) is 42.1 Å². The van der Waals surface area contributed by atoms with Crippen LogP contribution in [-0.4, -0.2) is 12.5 Å². The second-order valence-electron chi connectivity index (χ2n) is 4.62. The predicted octanol–water partition coefficient (Wildman–Crippen LogP) is 2.56. The molecule has 0 spiro atoms. The highest BCUT2D eigenvalue weighted by atomic mass is 16.1. The van der Waals surface area contributed by atoms with Crippen molar-refractivity contribution in [3.63, 3.8) is 0 Å². The van der Waals surface area contributed by atoms with Crippen molar-refractivity contribution in [2.24, 2.45) is 5.92 Å². The number of hydrogen-bond acceptors (Lipinski definition) is 1. The highest BCUT2D eigenvalue weighted by molar-refractivity contribution is 5.97. The van der Waals surface area contributed by atoms with E-state index in [-0.39, 0.29) is 5.91 Å². The van der Waals surface area contributed by atoms with Crippen LogP contribution in [0, 0.1) is 5.92 Å². The average molecular weight is 203 g/mol. The molecule has 0 aromatic heterocycles. The first-order valence-corrected chi connectivity index (χ1v) is 5.55. The third-order valence-electron chi connectivity index (χ3n) is 2.91. The van der Waals surface area contributed by atoms with Crippen molar-refractivity contribution in [2.75, 3.05) is 6.54 Å². The Balaban J connectivity index is 2.32. The van der Waals surface area contributed by atoms with E-state index in [1.807, 2.05) is 18.2 Å². The van der Waals surface area contributed by atoms with Crippen LogP contribution in [0.3, 0.4) is 0 Å². The largest absolute Gasteiger partial charge is 0.351 e. The Kier molecular flexibility index (Phi) is 2.76. The number of hydrogen-bond donors (Lipinski definition) is 1. The van der Waals surface area contributed by atoms with Crippen molar-refractivity contribution in [2.45, 2.75) is 26.2 Å². The lowest BCUT2D eigenvalue weighted by Crippen LogP contribution is -2.35. The third kappa shape index (κ3) is 2.04. The lowest BCUT2D eigenvalue weighted by Gasteiger charge is -2.26. The van der Waals surface area contributed by atoms with Gasteiger partial charge < -0.3 is 5.32 Å². The molecule has 0 saturated carbocycles. The highest BCUT2D eigenvalue weighted by Crippen LogP contribution is 2.28. The molecule has 2 nitrogen and oxygen atoms in total. The van der Waals surface area contributed by atoms with E-state index in [0.717, 1.165) is 18.5 Å². The number of benzene rings is 1. The van der Waals surface area contributed by atoms with Gasteiger partial charge in [-0.05, 0) is 24.0 Å². The summed E-state index contributed by atoms with van der Waals surface area (Å²) >= 11 is 0. The molecule has 1 aromatic carbocycles. The van der Waals surface area contributed by atoms with Crippen molar-refractivity contribution in [1.82, 2.24) is 5.32 Å². The minimum atomic E-state index is 0.0746. The second-order valence-corrected chi connectivity index (χ2v) is 4.62. The summed E-state index contributed by atoms with van der Waals surface area (Å²) in [4.78, 5) is 11.6. The standard InChI is InChI=1S/C13H17NO/c1-9(2)7-10-8-14-13(15)12-6-4-3-5-11(10)12/h3-6,9-10H,7-8H2,1-2H3,(H,14,15). The average Bonchev–Trinajstić information content (AvgIpc) is 2.22. The Morgan fingerprint density at radius 2 is 2.13 bits per heavy atom. The Bertz CT molecular complexity index is 371.